The third-order valence-electron chi connectivity index (χ3n) is 6.11. The average molecular weight is 408 g/mol. The predicted molar refractivity (Wildman–Crippen MR) is 108 cm³/mol. The minimum absolute atomic E-state index is 0.237. The molecule has 2 aromatic rings. The lowest BCUT2D eigenvalue weighted by molar-refractivity contribution is -0.141. The molecule has 2 saturated heterocycles. The molecule has 0 bridgehead atoms. The van der Waals surface area contributed by atoms with Gasteiger partial charge in [-0.15, -0.1) is 0 Å². The van der Waals surface area contributed by atoms with Crippen LogP contribution in [0.2, 0.25) is 5.02 Å². The Labute approximate surface area is 172 Å². The highest BCUT2D eigenvalue weighted by molar-refractivity contribution is 6.34. The van der Waals surface area contributed by atoms with Gasteiger partial charge in [-0.25, -0.2) is 0 Å². The first-order chi connectivity index (χ1) is 14.0. The van der Waals surface area contributed by atoms with Gasteiger partial charge in [-0.3, -0.25) is 24.3 Å². The standard InChI is InChI=1S/C22H18ClN3O3/c1-2-25-21(28)16-17(22(25)29)19(20(27)14-9-5-6-10-15(14)23)26-18(16)13-8-4-3-7-12(13)11-24-26/h3-11,16-19H,2H2,1H3/t16-,17+,18-,19+/m0/s1. The average Bonchev–Trinajstić information content (AvgIpc) is 3.20. The van der Waals surface area contributed by atoms with E-state index in [9.17, 15) is 14.4 Å². The van der Waals surface area contributed by atoms with Gasteiger partial charge in [-0.1, -0.05) is 48.0 Å². The summed E-state index contributed by atoms with van der Waals surface area (Å²) in [4.78, 5) is 41.1. The fourth-order valence-electron chi connectivity index (χ4n) is 4.86. The van der Waals surface area contributed by atoms with Crippen LogP contribution in [0.4, 0.5) is 0 Å². The molecule has 0 aliphatic carbocycles. The normalized spacial score (nSPS) is 27.1. The molecule has 0 N–H and O–H groups in total. The summed E-state index contributed by atoms with van der Waals surface area (Å²) in [6.45, 7) is 2.06. The molecule has 6 nitrogen and oxygen atoms in total. The SMILES string of the molecule is CCN1C(=O)[C@@H]2[C@H](C1=O)[C@@H]1c3ccccc3C=NN1[C@H]2C(=O)c1ccccc1Cl. The Bertz CT molecular complexity index is 1080. The van der Waals surface area contributed by atoms with Crippen molar-refractivity contribution in [3.8, 4) is 0 Å². The predicted octanol–water partition coefficient (Wildman–Crippen LogP) is 2.92. The van der Waals surface area contributed by atoms with Crippen LogP contribution in [0.25, 0.3) is 0 Å². The topological polar surface area (TPSA) is 70.1 Å². The number of hydrogen-bond donors (Lipinski definition) is 0. The second kappa shape index (κ2) is 6.52. The number of imide groups is 1. The van der Waals surface area contributed by atoms with Crippen molar-refractivity contribution < 1.29 is 14.4 Å². The molecule has 0 spiro atoms. The second-order valence-electron chi connectivity index (χ2n) is 7.46. The lowest BCUT2D eigenvalue weighted by Gasteiger charge is -2.33. The van der Waals surface area contributed by atoms with Gasteiger partial charge in [0.05, 0.1) is 29.1 Å². The molecule has 4 atom stereocenters. The van der Waals surface area contributed by atoms with Gasteiger partial charge < -0.3 is 0 Å². The Kier molecular flexibility index (Phi) is 4.06. The Morgan fingerprint density at radius 3 is 2.48 bits per heavy atom. The lowest BCUT2D eigenvalue weighted by Crippen LogP contribution is -2.44. The molecule has 29 heavy (non-hydrogen) atoms. The minimum Gasteiger partial charge on any atom is -0.292 e. The zero-order valence-corrected chi connectivity index (χ0v) is 16.4. The highest BCUT2D eigenvalue weighted by Gasteiger charge is 2.64. The largest absolute Gasteiger partial charge is 0.292 e. The zero-order chi connectivity index (χ0) is 20.3. The highest BCUT2D eigenvalue weighted by atomic mass is 35.5. The van der Waals surface area contributed by atoms with Gasteiger partial charge in [0.1, 0.15) is 6.04 Å². The summed E-state index contributed by atoms with van der Waals surface area (Å²) in [5.74, 6) is -2.26. The van der Waals surface area contributed by atoms with Crippen LogP contribution in [-0.4, -0.2) is 46.3 Å². The van der Waals surface area contributed by atoms with E-state index in [-0.39, 0.29) is 24.1 Å². The molecular weight excluding hydrogens is 390 g/mol. The van der Waals surface area contributed by atoms with Gasteiger partial charge in [0.25, 0.3) is 0 Å². The summed E-state index contributed by atoms with van der Waals surface area (Å²) in [5.41, 5.74) is 2.14. The Balaban J connectivity index is 1.68. The Morgan fingerprint density at radius 2 is 1.72 bits per heavy atom. The van der Waals surface area contributed by atoms with E-state index in [1.165, 1.54) is 4.90 Å². The summed E-state index contributed by atoms with van der Waals surface area (Å²) in [7, 11) is 0. The van der Waals surface area contributed by atoms with Crippen LogP contribution in [-0.2, 0) is 9.59 Å². The fraction of sp³-hybridized carbons (Fsp3) is 0.273. The Morgan fingerprint density at radius 1 is 1.03 bits per heavy atom. The van der Waals surface area contributed by atoms with Crippen molar-refractivity contribution in [3.05, 3.63) is 70.2 Å². The van der Waals surface area contributed by atoms with Crippen molar-refractivity contribution in [2.45, 2.75) is 19.0 Å². The molecule has 3 heterocycles. The van der Waals surface area contributed by atoms with Crippen molar-refractivity contribution >= 4 is 35.4 Å². The second-order valence-corrected chi connectivity index (χ2v) is 7.87. The molecular formula is C22H18ClN3O3. The van der Waals surface area contributed by atoms with E-state index in [0.717, 1.165) is 11.1 Å². The van der Waals surface area contributed by atoms with Gasteiger partial charge in [0.15, 0.2) is 5.78 Å². The molecule has 7 heteroatoms. The number of ketones is 1. The maximum absolute atomic E-state index is 13.5. The first kappa shape index (κ1) is 18.1. The van der Waals surface area contributed by atoms with Gasteiger partial charge in [-0.05, 0) is 30.2 Å². The highest BCUT2D eigenvalue weighted by Crippen LogP contribution is 2.52. The molecule has 3 aliphatic heterocycles. The van der Waals surface area contributed by atoms with Crippen LogP contribution >= 0.6 is 11.6 Å². The summed E-state index contributed by atoms with van der Waals surface area (Å²) >= 11 is 6.28. The lowest BCUT2D eigenvalue weighted by atomic mass is 9.83. The zero-order valence-electron chi connectivity index (χ0n) is 15.7. The first-order valence-corrected chi connectivity index (χ1v) is 9.97. The van der Waals surface area contributed by atoms with E-state index in [1.54, 1.807) is 42.4 Å². The summed E-state index contributed by atoms with van der Waals surface area (Å²) in [6, 6.07) is 13.1. The summed E-state index contributed by atoms with van der Waals surface area (Å²) < 4.78 is 0. The van der Waals surface area contributed by atoms with E-state index in [0.29, 0.717) is 10.6 Å². The number of carbonyl (C=O) groups excluding carboxylic acids is 3. The van der Waals surface area contributed by atoms with E-state index in [2.05, 4.69) is 5.10 Å². The quantitative estimate of drug-likeness (QED) is 0.579. The first-order valence-electron chi connectivity index (χ1n) is 9.59. The number of fused-ring (bicyclic) bond motifs is 5. The summed E-state index contributed by atoms with van der Waals surface area (Å²) in [6.07, 6.45) is 1.69. The molecule has 146 valence electrons. The van der Waals surface area contributed by atoms with E-state index < -0.39 is 23.9 Å². The number of carbonyl (C=O) groups is 3. The van der Waals surface area contributed by atoms with Crippen molar-refractivity contribution in [3.63, 3.8) is 0 Å². The molecule has 3 aliphatic rings. The van der Waals surface area contributed by atoms with Crippen molar-refractivity contribution in [2.75, 3.05) is 6.54 Å². The summed E-state index contributed by atoms with van der Waals surface area (Å²) in [5, 5.41) is 6.48. The van der Waals surface area contributed by atoms with Crippen LogP contribution < -0.4 is 0 Å². The molecule has 0 unspecified atom stereocenters. The minimum atomic E-state index is -0.873. The van der Waals surface area contributed by atoms with Gasteiger partial charge in [0.2, 0.25) is 11.8 Å². The molecule has 2 fully saturated rings. The van der Waals surface area contributed by atoms with Crippen LogP contribution in [0, 0.1) is 11.8 Å². The molecule has 2 amide bonds. The number of halogens is 1. The maximum Gasteiger partial charge on any atom is 0.235 e. The maximum atomic E-state index is 13.5. The van der Waals surface area contributed by atoms with E-state index in [4.69, 9.17) is 11.6 Å². The van der Waals surface area contributed by atoms with Crippen LogP contribution in [0.15, 0.2) is 53.6 Å². The molecule has 0 aromatic heterocycles. The van der Waals surface area contributed by atoms with E-state index >= 15 is 0 Å². The molecule has 2 aromatic carbocycles. The van der Waals surface area contributed by atoms with Gasteiger partial charge in [0, 0.05) is 12.1 Å². The number of rotatable bonds is 3. The smallest absolute Gasteiger partial charge is 0.235 e. The van der Waals surface area contributed by atoms with E-state index in [1.807, 2.05) is 24.3 Å². The molecule has 0 radical (unpaired) electrons. The van der Waals surface area contributed by atoms with Crippen molar-refractivity contribution in [2.24, 2.45) is 16.9 Å². The third kappa shape index (κ3) is 2.42. The number of nitrogens with zero attached hydrogens (tertiary/aromatic N) is 3. The van der Waals surface area contributed by atoms with Gasteiger partial charge in [-0.2, -0.15) is 5.10 Å². The van der Waals surface area contributed by atoms with Crippen molar-refractivity contribution in [1.82, 2.24) is 9.91 Å². The van der Waals surface area contributed by atoms with Crippen LogP contribution in [0.3, 0.4) is 0 Å². The number of Topliss-reactive ketones (excluding diaryl/α,β-unsaturated/α-hetero) is 1. The molecule has 5 rings (SSSR count). The monoisotopic (exact) mass is 407 g/mol. The van der Waals surface area contributed by atoms with Crippen molar-refractivity contribution in [1.29, 1.82) is 0 Å². The third-order valence-corrected chi connectivity index (χ3v) is 6.44. The number of benzene rings is 2. The number of amides is 2. The number of hydrogen-bond acceptors (Lipinski definition) is 5. The van der Waals surface area contributed by atoms with Crippen LogP contribution in [0.5, 0.6) is 0 Å². The van der Waals surface area contributed by atoms with Gasteiger partial charge >= 0.3 is 0 Å². The Hall–Kier alpha value is -2.99. The molecule has 0 saturated carbocycles. The number of hydrazone groups is 1. The number of likely N-dealkylation sites (tertiary alicyclic amines) is 1. The van der Waals surface area contributed by atoms with Crippen LogP contribution in [0.1, 0.15) is 34.5 Å². The fourth-order valence-corrected chi connectivity index (χ4v) is 5.09.